The van der Waals surface area contributed by atoms with Crippen LogP contribution in [0.2, 0.25) is 0 Å². The Morgan fingerprint density at radius 3 is 2.73 bits per heavy atom. The monoisotopic (exact) mass is 300 g/mol. The van der Waals surface area contributed by atoms with Crippen LogP contribution in [0, 0.1) is 0 Å². The van der Waals surface area contributed by atoms with Gasteiger partial charge in [0, 0.05) is 18.3 Å². The van der Waals surface area contributed by atoms with E-state index in [9.17, 15) is 9.90 Å². The number of carbonyl (C=O) groups excluding carboxylic acids is 1. The number of hydrogen-bond donors (Lipinski definition) is 3. The summed E-state index contributed by atoms with van der Waals surface area (Å²) in [5.41, 5.74) is 6.59. The fourth-order valence-corrected chi connectivity index (χ4v) is 3.27. The molecule has 2 aromatic rings. The summed E-state index contributed by atoms with van der Waals surface area (Å²) in [5.74, 6) is -0.751. The quantitative estimate of drug-likeness (QED) is 0.752. The zero-order valence-electron chi connectivity index (χ0n) is 12.3. The molecule has 1 aromatic heterocycles. The molecule has 4 N–H and O–H groups in total. The van der Waals surface area contributed by atoms with Crippen LogP contribution in [0.15, 0.2) is 42.7 Å². The van der Waals surface area contributed by atoms with Gasteiger partial charge in [-0.05, 0) is 43.1 Å². The third-order valence-electron chi connectivity index (χ3n) is 4.47. The van der Waals surface area contributed by atoms with Gasteiger partial charge in [-0.1, -0.05) is 12.1 Å². The minimum absolute atomic E-state index is 0.128. The molecule has 3 rings (SSSR count). The Hall–Kier alpha value is -2.18. The van der Waals surface area contributed by atoms with Gasteiger partial charge in [-0.15, -0.1) is 0 Å². The van der Waals surface area contributed by atoms with Crippen molar-refractivity contribution in [3.63, 3.8) is 0 Å². The molecule has 0 saturated carbocycles. The van der Waals surface area contributed by atoms with E-state index >= 15 is 0 Å². The van der Waals surface area contributed by atoms with Gasteiger partial charge in [-0.25, -0.2) is 4.68 Å². The summed E-state index contributed by atoms with van der Waals surface area (Å²) in [6.45, 7) is 0.613. The highest BCUT2D eigenvalue weighted by Gasteiger charge is 2.46. The third-order valence-corrected chi connectivity index (χ3v) is 4.47. The zero-order chi connectivity index (χ0) is 15.6. The van der Waals surface area contributed by atoms with Crippen molar-refractivity contribution in [3.8, 4) is 5.69 Å². The Balaban J connectivity index is 1.92. The molecule has 2 heterocycles. The van der Waals surface area contributed by atoms with Gasteiger partial charge in [0.15, 0.2) is 0 Å². The second-order valence-electron chi connectivity index (χ2n) is 5.64. The van der Waals surface area contributed by atoms with Crippen molar-refractivity contribution in [1.82, 2.24) is 15.1 Å². The maximum absolute atomic E-state index is 12.0. The molecule has 1 aliphatic rings. The van der Waals surface area contributed by atoms with E-state index in [1.54, 1.807) is 10.9 Å². The highest BCUT2D eigenvalue weighted by molar-refractivity contribution is 5.86. The molecular formula is C16H20N4O2. The van der Waals surface area contributed by atoms with Crippen LogP contribution < -0.4 is 11.1 Å². The Kier molecular flexibility index (Phi) is 3.96. The van der Waals surface area contributed by atoms with Crippen molar-refractivity contribution in [2.24, 2.45) is 5.73 Å². The first-order valence-electron chi connectivity index (χ1n) is 7.43. The number of aliphatic hydroxyl groups is 1. The first-order chi connectivity index (χ1) is 10.7. The Morgan fingerprint density at radius 1 is 1.45 bits per heavy atom. The number of aromatic nitrogens is 2. The lowest BCUT2D eigenvalue weighted by Gasteiger charge is -2.34. The fraction of sp³-hybridized carbons (Fsp3) is 0.375. The van der Waals surface area contributed by atoms with E-state index in [4.69, 9.17) is 5.73 Å². The first kappa shape index (κ1) is 14.7. The van der Waals surface area contributed by atoms with E-state index in [-0.39, 0.29) is 12.5 Å². The number of nitrogens with one attached hydrogen (secondary N) is 1. The smallest absolute Gasteiger partial charge is 0.238 e. The lowest BCUT2D eigenvalue weighted by Crippen LogP contribution is -2.56. The van der Waals surface area contributed by atoms with E-state index in [0.29, 0.717) is 6.42 Å². The van der Waals surface area contributed by atoms with Crippen LogP contribution in [0.5, 0.6) is 0 Å². The molecule has 6 nitrogen and oxygen atoms in total. The average molecular weight is 300 g/mol. The van der Waals surface area contributed by atoms with Crippen LogP contribution in [0.3, 0.4) is 0 Å². The number of nitrogens with zero attached hydrogens (tertiary/aromatic N) is 2. The summed E-state index contributed by atoms with van der Waals surface area (Å²) in [7, 11) is 0. The first-order valence-corrected chi connectivity index (χ1v) is 7.43. The van der Waals surface area contributed by atoms with E-state index in [0.717, 1.165) is 24.2 Å². The molecule has 0 aliphatic carbocycles. The molecule has 1 fully saturated rings. The predicted molar refractivity (Wildman–Crippen MR) is 82.6 cm³/mol. The van der Waals surface area contributed by atoms with Crippen LogP contribution in [-0.2, 0) is 4.79 Å². The maximum Gasteiger partial charge on any atom is 0.238 e. The van der Waals surface area contributed by atoms with Crippen molar-refractivity contribution < 1.29 is 9.90 Å². The van der Waals surface area contributed by atoms with Gasteiger partial charge in [0.2, 0.25) is 5.91 Å². The number of benzene rings is 1. The molecule has 22 heavy (non-hydrogen) atoms. The van der Waals surface area contributed by atoms with Gasteiger partial charge in [0.1, 0.15) is 5.54 Å². The molecule has 0 unspecified atom stereocenters. The fourth-order valence-electron chi connectivity index (χ4n) is 3.27. The van der Waals surface area contributed by atoms with Gasteiger partial charge in [0.25, 0.3) is 0 Å². The van der Waals surface area contributed by atoms with Gasteiger partial charge >= 0.3 is 0 Å². The number of hydrogen-bond acceptors (Lipinski definition) is 4. The number of nitrogens with two attached hydrogens (primary N) is 1. The predicted octanol–water partition coefficient (Wildman–Crippen LogP) is 0.556. The summed E-state index contributed by atoms with van der Waals surface area (Å²) >= 11 is 0. The van der Waals surface area contributed by atoms with Crippen molar-refractivity contribution in [1.29, 1.82) is 0 Å². The van der Waals surface area contributed by atoms with Crippen LogP contribution >= 0.6 is 0 Å². The van der Waals surface area contributed by atoms with Crippen molar-refractivity contribution >= 4 is 5.91 Å². The van der Waals surface area contributed by atoms with Crippen LogP contribution in [-0.4, -0.2) is 39.5 Å². The molecule has 1 saturated heterocycles. The standard InChI is InChI=1S/C16H20N4O2/c17-15(22)16(7-1-8-18-16)14(11-21)12-3-5-13(6-4-12)20-10-2-9-19-20/h2-6,9-10,14,18,21H,1,7-8,11H2,(H2,17,22)/t14-,16-/m1/s1. The Bertz CT molecular complexity index is 631. The molecule has 0 spiro atoms. The van der Waals surface area contributed by atoms with Crippen LogP contribution in [0.1, 0.15) is 24.3 Å². The lowest BCUT2D eigenvalue weighted by atomic mass is 9.78. The highest BCUT2D eigenvalue weighted by atomic mass is 16.3. The topological polar surface area (TPSA) is 93.2 Å². The Morgan fingerprint density at radius 2 is 2.23 bits per heavy atom. The maximum atomic E-state index is 12.0. The number of carbonyl (C=O) groups is 1. The molecule has 6 heteroatoms. The third kappa shape index (κ3) is 2.40. The summed E-state index contributed by atoms with van der Waals surface area (Å²) < 4.78 is 1.76. The molecule has 0 radical (unpaired) electrons. The normalized spacial score (nSPS) is 22.6. The summed E-state index contributed by atoms with van der Waals surface area (Å²) in [6, 6.07) is 9.55. The second kappa shape index (κ2) is 5.90. The van der Waals surface area contributed by atoms with Gasteiger partial charge in [-0.2, -0.15) is 5.10 Å². The molecule has 1 aromatic carbocycles. The average Bonchev–Trinajstić information content (AvgIpc) is 3.21. The van der Waals surface area contributed by atoms with Crippen LogP contribution in [0.4, 0.5) is 0 Å². The molecule has 0 bridgehead atoms. The molecule has 1 aliphatic heterocycles. The van der Waals surface area contributed by atoms with Crippen molar-refractivity contribution in [2.45, 2.75) is 24.3 Å². The van der Waals surface area contributed by atoms with E-state index < -0.39 is 11.4 Å². The summed E-state index contributed by atoms with van der Waals surface area (Å²) in [4.78, 5) is 12.0. The second-order valence-corrected chi connectivity index (χ2v) is 5.64. The molecule has 1 amide bonds. The van der Waals surface area contributed by atoms with E-state index in [1.807, 2.05) is 36.5 Å². The number of amides is 1. The molecule has 116 valence electrons. The van der Waals surface area contributed by atoms with Gasteiger partial charge in [0.05, 0.1) is 12.3 Å². The lowest BCUT2D eigenvalue weighted by molar-refractivity contribution is -0.125. The highest BCUT2D eigenvalue weighted by Crippen LogP contribution is 2.35. The van der Waals surface area contributed by atoms with Crippen molar-refractivity contribution in [2.75, 3.05) is 13.2 Å². The Labute approximate surface area is 128 Å². The molecule has 2 atom stereocenters. The van der Waals surface area contributed by atoms with Gasteiger partial charge in [-0.3, -0.25) is 4.79 Å². The minimum atomic E-state index is -0.859. The van der Waals surface area contributed by atoms with Crippen molar-refractivity contribution in [3.05, 3.63) is 48.3 Å². The van der Waals surface area contributed by atoms with Gasteiger partial charge < -0.3 is 16.2 Å². The SMILES string of the molecule is NC(=O)[C@]1([C@H](CO)c2ccc(-n3cccn3)cc2)CCCN1. The zero-order valence-corrected chi connectivity index (χ0v) is 12.3. The minimum Gasteiger partial charge on any atom is -0.396 e. The number of aliphatic hydroxyl groups excluding tert-OH is 1. The largest absolute Gasteiger partial charge is 0.396 e. The van der Waals surface area contributed by atoms with Crippen LogP contribution in [0.25, 0.3) is 5.69 Å². The number of primary amides is 1. The summed E-state index contributed by atoms with van der Waals surface area (Å²) in [5, 5.41) is 17.2. The number of rotatable bonds is 5. The summed E-state index contributed by atoms with van der Waals surface area (Å²) in [6.07, 6.45) is 5.11. The van der Waals surface area contributed by atoms with E-state index in [2.05, 4.69) is 10.4 Å². The molecular weight excluding hydrogens is 280 g/mol. The van der Waals surface area contributed by atoms with E-state index in [1.165, 1.54) is 0 Å².